The van der Waals surface area contributed by atoms with E-state index in [0.29, 0.717) is 31.0 Å². The maximum absolute atomic E-state index is 13.6. The van der Waals surface area contributed by atoms with Crippen LogP contribution < -0.4 is 16.0 Å². The molecular weight excluding hydrogens is 418 g/mol. The highest BCUT2D eigenvalue weighted by molar-refractivity contribution is 9.10. The lowest BCUT2D eigenvalue weighted by atomic mass is 10.2. The molecule has 0 aromatic heterocycles. The summed E-state index contributed by atoms with van der Waals surface area (Å²) in [4.78, 5) is 16.0. The smallest absolute Gasteiger partial charge is 0.251 e. The van der Waals surface area contributed by atoms with Gasteiger partial charge in [-0.05, 0) is 48.9 Å². The molecule has 2 rings (SSSR count). The quantitative estimate of drug-likeness (QED) is 0.353. The van der Waals surface area contributed by atoms with Crippen LogP contribution in [0.1, 0.15) is 22.3 Å². The number of hydrogen-bond acceptors (Lipinski definition) is 2. The van der Waals surface area contributed by atoms with Gasteiger partial charge in [0.25, 0.3) is 5.91 Å². The first kappa shape index (κ1) is 20.8. The number of amides is 1. The number of nitrogens with zero attached hydrogens (tertiary/aromatic N) is 1. The standard InChI is InChI=1S/C19H21BrF2N4O/c1-23-19(26-12-14-11-16(21)7-8-17(14)22)25-10-2-9-24-18(27)13-3-5-15(20)6-4-13/h3-8,11H,2,9-10,12H2,1H3,(H,24,27)(H2,23,25,26). The Labute approximate surface area is 165 Å². The summed E-state index contributed by atoms with van der Waals surface area (Å²) in [6.45, 7) is 1.17. The number of benzene rings is 2. The van der Waals surface area contributed by atoms with Gasteiger partial charge in [0.1, 0.15) is 11.6 Å². The highest BCUT2D eigenvalue weighted by Crippen LogP contribution is 2.10. The van der Waals surface area contributed by atoms with E-state index in [0.717, 1.165) is 22.7 Å². The second kappa shape index (κ2) is 10.6. The first-order chi connectivity index (χ1) is 13.0. The minimum atomic E-state index is -0.488. The number of aliphatic imine (C=N–C) groups is 1. The fourth-order valence-electron chi connectivity index (χ4n) is 2.28. The van der Waals surface area contributed by atoms with Crippen molar-refractivity contribution in [3.05, 3.63) is 69.7 Å². The maximum atomic E-state index is 13.6. The van der Waals surface area contributed by atoms with Crippen LogP contribution in [0.25, 0.3) is 0 Å². The molecule has 27 heavy (non-hydrogen) atoms. The van der Waals surface area contributed by atoms with Gasteiger partial charge in [-0.25, -0.2) is 8.78 Å². The van der Waals surface area contributed by atoms with Gasteiger partial charge in [0, 0.05) is 42.3 Å². The van der Waals surface area contributed by atoms with E-state index >= 15 is 0 Å². The van der Waals surface area contributed by atoms with Crippen LogP contribution in [0.2, 0.25) is 0 Å². The number of carbonyl (C=O) groups is 1. The third kappa shape index (κ3) is 6.97. The van der Waals surface area contributed by atoms with Gasteiger partial charge in [-0.2, -0.15) is 0 Å². The molecule has 0 aliphatic rings. The van der Waals surface area contributed by atoms with Gasteiger partial charge < -0.3 is 16.0 Å². The molecule has 0 atom stereocenters. The van der Waals surface area contributed by atoms with Crippen LogP contribution in [-0.4, -0.2) is 32.0 Å². The highest BCUT2D eigenvalue weighted by atomic mass is 79.9. The summed E-state index contributed by atoms with van der Waals surface area (Å²) >= 11 is 3.33. The van der Waals surface area contributed by atoms with Crippen LogP contribution >= 0.6 is 15.9 Å². The minimum absolute atomic E-state index is 0.115. The molecule has 5 nitrogen and oxygen atoms in total. The Balaban J connectivity index is 1.68. The Morgan fingerprint density at radius 3 is 2.44 bits per heavy atom. The molecule has 0 radical (unpaired) electrons. The molecule has 144 valence electrons. The molecule has 0 heterocycles. The lowest BCUT2D eigenvalue weighted by molar-refractivity contribution is 0.0953. The normalized spacial score (nSPS) is 11.2. The topological polar surface area (TPSA) is 65.5 Å². The monoisotopic (exact) mass is 438 g/mol. The van der Waals surface area contributed by atoms with Crippen LogP contribution in [-0.2, 0) is 6.54 Å². The van der Waals surface area contributed by atoms with Crippen molar-refractivity contribution in [2.24, 2.45) is 4.99 Å². The van der Waals surface area contributed by atoms with E-state index < -0.39 is 11.6 Å². The molecular formula is C19H21BrF2N4O. The van der Waals surface area contributed by atoms with Crippen molar-refractivity contribution < 1.29 is 13.6 Å². The van der Waals surface area contributed by atoms with E-state index in [-0.39, 0.29) is 18.0 Å². The van der Waals surface area contributed by atoms with Crippen LogP contribution in [0.3, 0.4) is 0 Å². The number of halogens is 3. The number of guanidine groups is 1. The fourth-order valence-corrected chi connectivity index (χ4v) is 2.54. The third-order valence-corrected chi connectivity index (χ3v) is 4.24. The molecule has 2 aromatic carbocycles. The first-order valence-electron chi connectivity index (χ1n) is 8.42. The number of hydrogen-bond donors (Lipinski definition) is 3. The summed E-state index contributed by atoms with van der Waals surface area (Å²) in [5.41, 5.74) is 0.820. The lowest BCUT2D eigenvalue weighted by Gasteiger charge is -2.12. The van der Waals surface area contributed by atoms with Crippen molar-refractivity contribution in [2.75, 3.05) is 20.1 Å². The second-order valence-corrected chi connectivity index (χ2v) is 6.62. The Morgan fingerprint density at radius 2 is 1.74 bits per heavy atom. The molecule has 0 saturated carbocycles. The van der Waals surface area contributed by atoms with E-state index in [4.69, 9.17) is 0 Å². The van der Waals surface area contributed by atoms with Gasteiger partial charge >= 0.3 is 0 Å². The number of carbonyl (C=O) groups excluding carboxylic acids is 1. The lowest BCUT2D eigenvalue weighted by Crippen LogP contribution is -2.38. The molecule has 0 unspecified atom stereocenters. The van der Waals surface area contributed by atoms with Crippen molar-refractivity contribution in [3.63, 3.8) is 0 Å². The zero-order valence-electron chi connectivity index (χ0n) is 14.9. The minimum Gasteiger partial charge on any atom is -0.356 e. The zero-order valence-corrected chi connectivity index (χ0v) is 16.4. The van der Waals surface area contributed by atoms with Crippen LogP contribution in [0.4, 0.5) is 8.78 Å². The summed E-state index contributed by atoms with van der Waals surface area (Å²) in [5.74, 6) is -0.628. The van der Waals surface area contributed by atoms with Crippen LogP contribution in [0, 0.1) is 11.6 Å². The van der Waals surface area contributed by atoms with Crippen LogP contribution in [0.5, 0.6) is 0 Å². The maximum Gasteiger partial charge on any atom is 0.251 e. The van der Waals surface area contributed by atoms with E-state index in [1.807, 2.05) is 12.1 Å². The molecule has 0 saturated heterocycles. The van der Waals surface area contributed by atoms with Gasteiger partial charge in [-0.3, -0.25) is 9.79 Å². The third-order valence-electron chi connectivity index (χ3n) is 3.72. The van der Waals surface area contributed by atoms with E-state index in [1.165, 1.54) is 0 Å². The number of nitrogens with one attached hydrogen (secondary N) is 3. The van der Waals surface area contributed by atoms with Crippen molar-refractivity contribution >= 4 is 27.8 Å². The summed E-state index contributed by atoms with van der Waals surface area (Å²) in [6.07, 6.45) is 0.678. The van der Waals surface area contributed by atoms with Crippen molar-refractivity contribution in [1.82, 2.24) is 16.0 Å². The van der Waals surface area contributed by atoms with Gasteiger partial charge in [0.15, 0.2) is 5.96 Å². The Bertz CT molecular complexity index is 797. The molecule has 0 aliphatic carbocycles. The fraction of sp³-hybridized carbons (Fsp3) is 0.263. The van der Waals surface area contributed by atoms with Crippen molar-refractivity contribution in [3.8, 4) is 0 Å². The molecule has 8 heteroatoms. The molecule has 0 aliphatic heterocycles. The average Bonchev–Trinajstić information content (AvgIpc) is 2.66. The van der Waals surface area contributed by atoms with E-state index in [9.17, 15) is 13.6 Å². The van der Waals surface area contributed by atoms with Crippen molar-refractivity contribution in [1.29, 1.82) is 0 Å². The summed E-state index contributed by atoms with van der Waals surface area (Å²) < 4.78 is 27.7. The Morgan fingerprint density at radius 1 is 1.04 bits per heavy atom. The molecule has 2 aromatic rings. The SMILES string of the molecule is CN=C(NCCCNC(=O)c1ccc(Br)cc1)NCc1cc(F)ccc1F. The summed E-state index contributed by atoms with van der Waals surface area (Å²) in [5, 5.41) is 8.82. The Hall–Kier alpha value is -2.48. The molecule has 0 fully saturated rings. The second-order valence-electron chi connectivity index (χ2n) is 5.70. The van der Waals surface area contributed by atoms with Gasteiger partial charge in [0.05, 0.1) is 0 Å². The van der Waals surface area contributed by atoms with Crippen LogP contribution in [0.15, 0.2) is 51.9 Å². The van der Waals surface area contributed by atoms with E-state index in [1.54, 1.807) is 19.2 Å². The predicted molar refractivity (Wildman–Crippen MR) is 106 cm³/mol. The zero-order chi connectivity index (χ0) is 19.6. The summed E-state index contributed by atoms with van der Waals surface area (Å²) in [6, 6.07) is 10.4. The highest BCUT2D eigenvalue weighted by Gasteiger charge is 2.06. The number of rotatable bonds is 7. The molecule has 3 N–H and O–H groups in total. The van der Waals surface area contributed by atoms with E-state index in [2.05, 4.69) is 36.9 Å². The molecule has 1 amide bonds. The van der Waals surface area contributed by atoms with Gasteiger partial charge in [-0.1, -0.05) is 15.9 Å². The average molecular weight is 439 g/mol. The Kier molecular flexibility index (Phi) is 8.19. The van der Waals surface area contributed by atoms with Crippen molar-refractivity contribution in [2.45, 2.75) is 13.0 Å². The summed E-state index contributed by atoms with van der Waals surface area (Å²) in [7, 11) is 1.59. The van der Waals surface area contributed by atoms with Gasteiger partial charge in [-0.15, -0.1) is 0 Å². The van der Waals surface area contributed by atoms with Gasteiger partial charge in [0.2, 0.25) is 0 Å². The first-order valence-corrected chi connectivity index (χ1v) is 9.21. The largest absolute Gasteiger partial charge is 0.356 e. The molecule has 0 bridgehead atoms. The molecule has 0 spiro atoms. The predicted octanol–water partition coefficient (Wildman–Crippen LogP) is 3.21.